The standard InChI is InChI=1S/C15H20FNO3/c16-13-3-1-12(2-4-13)14(18)11-17-7-5-15(6-8-17)19-9-10-20-15/h1-4,14,18H,5-11H2. The number of hydrogen-bond acceptors (Lipinski definition) is 4. The van der Waals surface area contributed by atoms with Crippen LogP contribution in [0.15, 0.2) is 24.3 Å². The minimum atomic E-state index is -0.588. The van der Waals surface area contributed by atoms with Crippen LogP contribution in [0.25, 0.3) is 0 Å². The summed E-state index contributed by atoms with van der Waals surface area (Å²) < 4.78 is 24.2. The molecule has 0 radical (unpaired) electrons. The molecule has 110 valence electrons. The number of benzene rings is 1. The van der Waals surface area contributed by atoms with Gasteiger partial charge in [-0.25, -0.2) is 4.39 Å². The van der Waals surface area contributed by atoms with Gasteiger partial charge < -0.3 is 19.5 Å². The predicted molar refractivity (Wildman–Crippen MR) is 71.7 cm³/mol. The van der Waals surface area contributed by atoms with E-state index in [1.54, 1.807) is 12.1 Å². The van der Waals surface area contributed by atoms with Crippen LogP contribution < -0.4 is 0 Å². The molecule has 1 aromatic carbocycles. The van der Waals surface area contributed by atoms with Gasteiger partial charge in [-0.15, -0.1) is 0 Å². The zero-order valence-corrected chi connectivity index (χ0v) is 11.4. The fraction of sp³-hybridized carbons (Fsp3) is 0.600. The Balaban J connectivity index is 1.52. The summed E-state index contributed by atoms with van der Waals surface area (Å²) in [5, 5.41) is 10.2. The van der Waals surface area contributed by atoms with Crippen LogP contribution in [0.5, 0.6) is 0 Å². The van der Waals surface area contributed by atoms with Gasteiger partial charge in [0, 0.05) is 32.5 Å². The molecule has 4 nitrogen and oxygen atoms in total. The Morgan fingerprint density at radius 2 is 1.75 bits per heavy atom. The highest BCUT2D eigenvalue weighted by molar-refractivity contribution is 5.18. The van der Waals surface area contributed by atoms with E-state index < -0.39 is 6.10 Å². The van der Waals surface area contributed by atoms with Gasteiger partial charge in [0.1, 0.15) is 5.82 Å². The number of hydrogen-bond donors (Lipinski definition) is 1. The van der Waals surface area contributed by atoms with E-state index in [1.807, 2.05) is 0 Å². The highest BCUT2D eigenvalue weighted by atomic mass is 19.1. The largest absolute Gasteiger partial charge is 0.387 e. The second kappa shape index (κ2) is 5.77. The number of aliphatic hydroxyl groups is 1. The van der Waals surface area contributed by atoms with Crippen molar-refractivity contribution in [1.82, 2.24) is 4.90 Å². The third-order valence-electron chi connectivity index (χ3n) is 4.12. The second-order valence-corrected chi connectivity index (χ2v) is 5.48. The predicted octanol–water partition coefficient (Wildman–Crippen LogP) is 1.70. The molecule has 2 fully saturated rings. The Morgan fingerprint density at radius 3 is 2.35 bits per heavy atom. The third kappa shape index (κ3) is 3.01. The molecular formula is C15H20FNO3. The lowest BCUT2D eigenvalue weighted by Crippen LogP contribution is -2.46. The summed E-state index contributed by atoms with van der Waals surface area (Å²) in [6.45, 7) is 3.61. The van der Waals surface area contributed by atoms with Crippen LogP contribution in [0.4, 0.5) is 4.39 Å². The van der Waals surface area contributed by atoms with Gasteiger partial charge in [0.2, 0.25) is 0 Å². The van der Waals surface area contributed by atoms with Crippen molar-refractivity contribution in [3.05, 3.63) is 35.6 Å². The maximum absolute atomic E-state index is 12.9. The van der Waals surface area contributed by atoms with Gasteiger partial charge in [-0.3, -0.25) is 0 Å². The Morgan fingerprint density at radius 1 is 1.15 bits per heavy atom. The van der Waals surface area contributed by atoms with Gasteiger partial charge >= 0.3 is 0 Å². The van der Waals surface area contributed by atoms with E-state index in [-0.39, 0.29) is 11.6 Å². The summed E-state index contributed by atoms with van der Waals surface area (Å²) >= 11 is 0. The highest BCUT2D eigenvalue weighted by Crippen LogP contribution is 2.31. The van der Waals surface area contributed by atoms with Crippen LogP contribution in [0, 0.1) is 5.82 Å². The smallest absolute Gasteiger partial charge is 0.170 e. The Bertz CT molecular complexity index is 435. The van der Waals surface area contributed by atoms with Crippen LogP contribution in [0.3, 0.4) is 0 Å². The van der Waals surface area contributed by atoms with Crippen molar-refractivity contribution in [3.63, 3.8) is 0 Å². The normalized spacial score (nSPS) is 24.1. The molecule has 0 aliphatic carbocycles. The molecule has 3 rings (SSSR count). The lowest BCUT2D eigenvalue weighted by molar-refractivity contribution is -0.186. The van der Waals surface area contributed by atoms with E-state index in [4.69, 9.17) is 9.47 Å². The number of β-amino-alcohol motifs (C(OH)–C–C–N with tert-alkyl or cyclic N) is 1. The molecule has 2 heterocycles. The number of halogens is 1. The van der Waals surface area contributed by atoms with Crippen LogP contribution in [-0.2, 0) is 9.47 Å². The number of rotatable bonds is 3. The Hall–Kier alpha value is -1.01. The zero-order valence-electron chi connectivity index (χ0n) is 11.4. The maximum Gasteiger partial charge on any atom is 0.170 e. The third-order valence-corrected chi connectivity index (χ3v) is 4.12. The molecule has 0 aromatic heterocycles. The summed E-state index contributed by atoms with van der Waals surface area (Å²) in [7, 11) is 0. The summed E-state index contributed by atoms with van der Waals surface area (Å²) in [5.41, 5.74) is 0.750. The topological polar surface area (TPSA) is 41.9 Å². The molecule has 5 heteroatoms. The molecule has 2 aliphatic rings. The molecule has 1 unspecified atom stereocenters. The SMILES string of the molecule is OC(CN1CCC2(CC1)OCCO2)c1ccc(F)cc1. The van der Waals surface area contributed by atoms with Crippen LogP contribution >= 0.6 is 0 Å². The second-order valence-electron chi connectivity index (χ2n) is 5.48. The van der Waals surface area contributed by atoms with Crippen LogP contribution in [0.1, 0.15) is 24.5 Å². The van der Waals surface area contributed by atoms with E-state index in [1.165, 1.54) is 12.1 Å². The molecule has 1 N–H and O–H groups in total. The summed E-state index contributed by atoms with van der Waals surface area (Å²) in [6.07, 6.45) is 1.08. The number of nitrogens with zero attached hydrogens (tertiary/aromatic N) is 1. The van der Waals surface area contributed by atoms with E-state index in [0.717, 1.165) is 31.5 Å². The van der Waals surface area contributed by atoms with Gasteiger partial charge in [-0.2, -0.15) is 0 Å². The quantitative estimate of drug-likeness (QED) is 0.915. The molecule has 1 spiro atoms. The fourth-order valence-electron chi connectivity index (χ4n) is 2.90. The summed E-state index contributed by atoms with van der Waals surface area (Å²) in [6, 6.07) is 6.02. The van der Waals surface area contributed by atoms with Crippen molar-refractivity contribution in [1.29, 1.82) is 0 Å². The minimum Gasteiger partial charge on any atom is -0.387 e. The number of ether oxygens (including phenoxy) is 2. The summed E-state index contributed by atoms with van der Waals surface area (Å²) in [5.74, 6) is -0.659. The monoisotopic (exact) mass is 281 g/mol. The molecule has 0 amide bonds. The lowest BCUT2D eigenvalue weighted by Gasteiger charge is -2.38. The highest BCUT2D eigenvalue weighted by Gasteiger charge is 2.39. The average Bonchev–Trinajstić information content (AvgIpc) is 2.91. The first kappa shape index (κ1) is 13.9. The van der Waals surface area contributed by atoms with Crippen LogP contribution in [0.2, 0.25) is 0 Å². The maximum atomic E-state index is 12.9. The van der Waals surface area contributed by atoms with Crippen molar-refractivity contribution < 1.29 is 19.0 Å². The van der Waals surface area contributed by atoms with Crippen LogP contribution in [-0.4, -0.2) is 48.6 Å². The van der Waals surface area contributed by atoms with Gasteiger partial charge in [0.05, 0.1) is 19.3 Å². The molecule has 1 aromatic rings. The van der Waals surface area contributed by atoms with Crippen molar-refractivity contribution in [2.75, 3.05) is 32.8 Å². The van der Waals surface area contributed by atoms with Crippen molar-refractivity contribution in [2.24, 2.45) is 0 Å². The van der Waals surface area contributed by atoms with E-state index in [9.17, 15) is 9.50 Å². The first-order valence-corrected chi connectivity index (χ1v) is 7.11. The van der Waals surface area contributed by atoms with Gasteiger partial charge in [0.15, 0.2) is 5.79 Å². The molecule has 2 aliphatic heterocycles. The lowest BCUT2D eigenvalue weighted by atomic mass is 10.0. The molecule has 2 saturated heterocycles. The van der Waals surface area contributed by atoms with E-state index in [2.05, 4.69) is 4.90 Å². The first-order chi connectivity index (χ1) is 9.67. The van der Waals surface area contributed by atoms with Gasteiger partial charge in [0.25, 0.3) is 0 Å². The van der Waals surface area contributed by atoms with Gasteiger partial charge in [-0.1, -0.05) is 12.1 Å². The van der Waals surface area contributed by atoms with Crippen molar-refractivity contribution in [2.45, 2.75) is 24.7 Å². The first-order valence-electron chi connectivity index (χ1n) is 7.11. The Kier molecular flexibility index (Phi) is 4.03. The zero-order chi connectivity index (χ0) is 14.0. The molecule has 0 bridgehead atoms. The summed E-state index contributed by atoms with van der Waals surface area (Å²) in [4.78, 5) is 2.20. The Labute approximate surface area is 118 Å². The fourth-order valence-corrected chi connectivity index (χ4v) is 2.90. The molecule has 0 saturated carbocycles. The van der Waals surface area contributed by atoms with E-state index in [0.29, 0.717) is 19.8 Å². The average molecular weight is 281 g/mol. The molecule has 1 atom stereocenters. The number of aliphatic hydroxyl groups excluding tert-OH is 1. The molecule has 20 heavy (non-hydrogen) atoms. The van der Waals surface area contributed by atoms with Gasteiger partial charge in [-0.05, 0) is 17.7 Å². The van der Waals surface area contributed by atoms with E-state index >= 15 is 0 Å². The van der Waals surface area contributed by atoms with Crippen molar-refractivity contribution in [3.8, 4) is 0 Å². The number of piperidine rings is 1. The minimum absolute atomic E-state index is 0.281. The van der Waals surface area contributed by atoms with Crippen molar-refractivity contribution >= 4 is 0 Å². The number of likely N-dealkylation sites (tertiary alicyclic amines) is 1. The molecular weight excluding hydrogens is 261 g/mol.